The third kappa shape index (κ3) is 3.85. The molecular weight excluding hydrogens is 344 g/mol. The number of amides is 1. The van der Waals surface area contributed by atoms with Gasteiger partial charge in [0.2, 0.25) is 5.91 Å². The van der Waals surface area contributed by atoms with E-state index in [4.69, 9.17) is 4.99 Å². The first-order valence-electron chi connectivity index (χ1n) is 9.38. The maximum absolute atomic E-state index is 12.2. The van der Waals surface area contributed by atoms with Crippen molar-refractivity contribution in [2.75, 3.05) is 12.3 Å². The Morgan fingerprint density at radius 1 is 1.31 bits per heavy atom. The number of thioether (sulfide) groups is 1. The highest BCUT2D eigenvalue weighted by Gasteiger charge is 2.32. The summed E-state index contributed by atoms with van der Waals surface area (Å²) in [7, 11) is 0. The zero-order valence-corrected chi connectivity index (χ0v) is 15.7. The number of carbonyl (C=O) groups is 1. The van der Waals surface area contributed by atoms with E-state index in [9.17, 15) is 4.79 Å². The van der Waals surface area contributed by atoms with Gasteiger partial charge >= 0.3 is 0 Å². The molecule has 1 aromatic rings. The Balaban J connectivity index is 1.31. The van der Waals surface area contributed by atoms with E-state index >= 15 is 0 Å². The monoisotopic (exact) mass is 368 g/mol. The Labute approximate surface area is 158 Å². The minimum atomic E-state index is 0.0627. The third-order valence-corrected chi connectivity index (χ3v) is 5.97. The zero-order chi connectivity index (χ0) is 17.8. The summed E-state index contributed by atoms with van der Waals surface area (Å²) in [5.74, 6) is 0.436. The molecule has 4 rings (SSSR count). The van der Waals surface area contributed by atoms with Gasteiger partial charge in [-0.25, -0.2) is 10.0 Å². The van der Waals surface area contributed by atoms with E-state index in [-0.39, 0.29) is 11.9 Å². The molecule has 0 radical (unpaired) electrons. The van der Waals surface area contributed by atoms with Crippen molar-refractivity contribution in [3.63, 3.8) is 0 Å². The first-order valence-corrected chi connectivity index (χ1v) is 10.4. The number of para-hydroxylation sites is 1. The van der Waals surface area contributed by atoms with Gasteiger partial charge < -0.3 is 5.32 Å². The highest BCUT2D eigenvalue weighted by molar-refractivity contribution is 8.14. The average molecular weight is 369 g/mol. The molecule has 136 valence electrons. The summed E-state index contributed by atoms with van der Waals surface area (Å²) in [5.41, 5.74) is 3.69. The van der Waals surface area contributed by atoms with Gasteiger partial charge in [-0.05, 0) is 38.2 Å². The molecule has 2 heterocycles. The molecule has 0 bridgehead atoms. The number of aliphatic imine (C=N–C) groups is 1. The molecule has 1 atom stereocenters. The van der Waals surface area contributed by atoms with Crippen molar-refractivity contribution in [1.29, 1.82) is 0 Å². The highest BCUT2D eigenvalue weighted by Crippen LogP contribution is 2.40. The van der Waals surface area contributed by atoms with Crippen molar-refractivity contribution < 1.29 is 4.79 Å². The molecule has 1 unspecified atom stereocenters. The largest absolute Gasteiger partial charge is 0.355 e. The molecule has 0 aromatic heterocycles. The molecule has 0 saturated heterocycles. The zero-order valence-electron chi connectivity index (χ0n) is 14.9. The topological polar surface area (TPSA) is 57.1 Å². The Hall–Kier alpha value is -2.08. The first kappa shape index (κ1) is 17.3. The number of rotatable bonds is 5. The second-order valence-corrected chi connectivity index (χ2v) is 7.79. The lowest BCUT2D eigenvalue weighted by Gasteiger charge is -2.29. The van der Waals surface area contributed by atoms with E-state index in [2.05, 4.69) is 22.6 Å². The van der Waals surface area contributed by atoms with E-state index in [1.54, 1.807) is 0 Å². The van der Waals surface area contributed by atoms with Crippen molar-refractivity contribution >= 4 is 34.7 Å². The first-order chi connectivity index (χ1) is 12.8. The number of allylic oxidation sites excluding steroid dienone is 1. The van der Waals surface area contributed by atoms with Gasteiger partial charge in [0.05, 0.1) is 17.5 Å². The van der Waals surface area contributed by atoms with E-state index in [0.29, 0.717) is 5.75 Å². The normalized spacial score (nSPS) is 20.9. The summed E-state index contributed by atoms with van der Waals surface area (Å²) in [5, 5.41) is 10.3. The Bertz CT molecular complexity index is 771. The quantitative estimate of drug-likeness (QED) is 0.794. The van der Waals surface area contributed by atoms with E-state index in [0.717, 1.165) is 30.2 Å². The lowest BCUT2D eigenvalue weighted by atomic mass is 9.97. The summed E-state index contributed by atoms with van der Waals surface area (Å²) in [6.45, 7) is 0.727. The van der Waals surface area contributed by atoms with Gasteiger partial charge in [-0.2, -0.15) is 5.10 Å². The standard InChI is InChI=1S/C20H24N4OS/c25-19(21-12-10-15-6-2-1-3-7-15)14-26-20-23-17-9-5-4-8-16(17)18-11-13-22-24(18)20/h4-6,8-9,13,18H,1-3,7,10-12,14H2,(H,21,25). The van der Waals surface area contributed by atoms with Crippen molar-refractivity contribution in [1.82, 2.24) is 10.3 Å². The van der Waals surface area contributed by atoms with Gasteiger partial charge in [0, 0.05) is 24.7 Å². The molecule has 26 heavy (non-hydrogen) atoms. The highest BCUT2D eigenvalue weighted by atomic mass is 32.2. The molecular formula is C20H24N4OS. The van der Waals surface area contributed by atoms with E-state index < -0.39 is 0 Å². The fraction of sp³-hybridized carbons (Fsp3) is 0.450. The van der Waals surface area contributed by atoms with E-state index in [1.807, 2.05) is 29.4 Å². The molecule has 0 spiro atoms. The predicted octanol–water partition coefficient (Wildman–Crippen LogP) is 4.16. The van der Waals surface area contributed by atoms with Crippen LogP contribution in [0.25, 0.3) is 0 Å². The van der Waals surface area contributed by atoms with Crippen molar-refractivity contribution in [2.45, 2.75) is 44.6 Å². The SMILES string of the molecule is O=C(CSC1=Nc2ccccc2C2CC=NN12)NCCC1=CCCCC1. The van der Waals surface area contributed by atoms with Crippen LogP contribution in [0.3, 0.4) is 0 Å². The van der Waals surface area contributed by atoms with Crippen LogP contribution in [-0.4, -0.2) is 34.6 Å². The molecule has 1 aromatic carbocycles. The Morgan fingerprint density at radius 3 is 3.12 bits per heavy atom. The molecule has 2 aliphatic heterocycles. The molecule has 1 aliphatic carbocycles. The van der Waals surface area contributed by atoms with Crippen LogP contribution < -0.4 is 5.32 Å². The van der Waals surface area contributed by atoms with Gasteiger partial charge in [0.25, 0.3) is 0 Å². The van der Waals surface area contributed by atoms with Crippen LogP contribution in [0.2, 0.25) is 0 Å². The van der Waals surface area contributed by atoms with Crippen LogP contribution >= 0.6 is 11.8 Å². The fourth-order valence-electron chi connectivity index (χ4n) is 3.66. The number of hydrogen-bond donors (Lipinski definition) is 1. The number of amidine groups is 1. The minimum Gasteiger partial charge on any atom is -0.355 e. The lowest BCUT2D eigenvalue weighted by molar-refractivity contribution is -0.118. The van der Waals surface area contributed by atoms with Crippen LogP contribution in [0, 0.1) is 0 Å². The summed E-state index contributed by atoms with van der Waals surface area (Å²) >= 11 is 1.47. The number of carbonyl (C=O) groups excluding carboxylic acids is 1. The number of fused-ring (bicyclic) bond motifs is 3. The Kier molecular flexibility index (Phi) is 5.39. The van der Waals surface area contributed by atoms with Crippen molar-refractivity contribution in [3.05, 3.63) is 41.5 Å². The summed E-state index contributed by atoms with van der Waals surface area (Å²) < 4.78 is 0. The van der Waals surface area contributed by atoms with Crippen molar-refractivity contribution in [3.8, 4) is 0 Å². The minimum absolute atomic E-state index is 0.0627. The van der Waals surface area contributed by atoms with Crippen LogP contribution in [-0.2, 0) is 4.79 Å². The van der Waals surface area contributed by atoms with Gasteiger partial charge in [-0.15, -0.1) is 0 Å². The van der Waals surface area contributed by atoms with Gasteiger partial charge in [0.15, 0.2) is 5.17 Å². The van der Waals surface area contributed by atoms with Crippen molar-refractivity contribution in [2.24, 2.45) is 10.1 Å². The number of hydrogen-bond acceptors (Lipinski definition) is 5. The third-order valence-electron chi connectivity index (χ3n) is 5.02. The number of nitrogens with one attached hydrogen (secondary N) is 1. The average Bonchev–Trinajstić information content (AvgIpc) is 3.17. The molecule has 1 N–H and O–H groups in total. The number of benzene rings is 1. The molecule has 0 fully saturated rings. The maximum Gasteiger partial charge on any atom is 0.230 e. The molecule has 5 nitrogen and oxygen atoms in total. The summed E-state index contributed by atoms with van der Waals surface area (Å²) in [6.07, 6.45) is 11.1. The molecule has 0 saturated carbocycles. The molecule has 6 heteroatoms. The second kappa shape index (κ2) is 8.08. The second-order valence-electron chi connectivity index (χ2n) is 6.84. The van der Waals surface area contributed by atoms with Crippen LogP contribution in [0.4, 0.5) is 5.69 Å². The Morgan fingerprint density at radius 2 is 2.23 bits per heavy atom. The van der Waals surface area contributed by atoms with Crippen LogP contribution in [0.5, 0.6) is 0 Å². The predicted molar refractivity (Wildman–Crippen MR) is 108 cm³/mol. The summed E-state index contributed by atoms with van der Waals surface area (Å²) in [6, 6.07) is 8.40. The van der Waals surface area contributed by atoms with Crippen LogP contribution in [0.1, 0.15) is 50.1 Å². The summed E-state index contributed by atoms with van der Waals surface area (Å²) in [4.78, 5) is 16.9. The van der Waals surface area contributed by atoms with E-state index in [1.165, 1.54) is 48.6 Å². The lowest BCUT2D eigenvalue weighted by Crippen LogP contribution is -2.31. The van der Waals surface area contributed by atoms with Gasteiger partial charge in [-0.3, -0.25) is 4.79 Å². The number of hydrazone groups is 1. The van der Waals surface area contributed by atoms with Crippen LogP contribution in [0.15, 0.2) is 46.0 Å². The molecule has 3 aliphatic rings. The maximum atomic E-state index is 12.2. The smallest absolute Gasteiger partial charge is 0.230 e. The molecule has 1 amide bonds. The van der Waals surface area contributed by atoms with Gasteiger partial charge in [0.1, 0.15) is 0 Å². The number of nitrogens with zero attached hydrogens (tertiary/aromatic N) is 3. The fourth-order valence-corrected chi connectivity index (χ4v) is 4.49. The van der Waals surface area contributed by atoms with Gasteiger partial charge in [-0.1, -0.05) is 41.6 Å².